The van der Waals surface area contributed by atoms with Gasteiger partial charge in [-0.1, -0.05) is 19.4 Å². The summed E-state index contributed by atoms with van der Waals surface area (Å²) in [5.41, 5.74) is 0.939. The molecule has 0 aromatic heterocycles. The Kier molecular flexibility index (Phi) is 5.26. The van der Waals surface area contributed by atoms with Gasteiger partial charge in [-0.05, 0) is 37.7 Å². The Bertz CT molecular complexity index is 315. The van der Waals surface area contributed by atoms with Gasteiger partial charge in [0.1, 0.15) is 5.82 Å². The van der Waals surface area contributed by atoms with E-state index in [-0.39, 0.29) is 5.82 Å². The standard InChI is InChI=1S/C13H21FN2/c1-4-11(9-15-2)10-16(3)13-7-5-6-12(14)8-13/h5-8,11,15H,4,9-10H2,1-3H3. The molecule has 1 unspecified atom stereocenters. The lowest BCUT2D eigenvalue weighted by molar-refractivity contribution is 0.484. The van der Waals surface area contributed by atoms with Crippen molar-refractivity contribution in [2.24, 2.45) is 5.92 Å². The van der Waals surface area contributed by atoms with Gasteiger partial charge in [-0.3, -0.25) is 0 Å². The van der Waals surface area contributed by atoms with Crippen LogP contribution in [0.25, 0.3) is 0 Å². The van der Waals surface area contributed by atoms with Crippen LogP contribution in [-0.4, -0.2) is 27.2 Å². The van der Waals surface area contributed by atoms with E-state index in [0.717, 1.165) is 25.2 Å². The minimum atomic E-state index is -0.175. The molecule has 0 aliphatic rings. The van der Waals surface area contributed by atoms with Gasteiger partial charge in [-0.25, -0.2) is 4.39 Å². The zero-order chi connectivity index (χ0) is 12.0. The molecule has 0 bridgehead atoms. The van der Waals surface area contributed by atoms with Crippen molar-refractivity contribution in [1.29, 1.82) is 0 Å². The van der Waals surface area contributed by atoms with E-state index in [1.54, 1.807) is 12.1 Å². The summed E-state index contributed by atoms with van der Waals surface area (Å²) in [5.74, 6) is 0.421. The molecule has 16 heavy (non-hydrogen) atoms. The summed E-state index contributed by atoms with van der Waals surface area (Å²) in [4.78, 5) is 2.11. The van der Waals surface area contributed by atoms with Crippen molar-refractivity contribution in [2.75, 3.05) is 32.1 Å². The Hall–Kier alpha value is -1.09. The first-order chi connectivity index (χ1) is 7.67. The highest BCUT2D eigenvalue weighted by Gasteiger charge is 2.09. The summed E-state index contributed by atoms with van der Waals surface area (Å²) >= 11 is 0. The van der Waals surface area contributed by atoms with Crippen LogP contribution in [0.3, 0.4) is 0 Å². The number of anilines is 1. The second-order valence-corrected chi connectivity index (χ2v) is 4.19. The molecule has 0 heterocycles. The van der Waals surface area contributed by atoms with Crippen LogP contribution in [0.5, 0.6) is 0 Å². The Balaban J connectivity index is 2.60. The molecule has 0 saturated carbocycles. The summed E-state index contributed by atoms with van der Waals surface area (Å²) in [6, 6.07) is 6.74. The third kappa shape index (κ3) is 3.81. The van der Waals surface area contributed by atoms with E-state index in [9.17, 15) is 4.39 Å². The fraction of sp³-hybridized carbons (Fsp3) is 0.538. The molecular weight excluding hydrogens is 203 g/mol. The quantitative estimate of drug-likeness (QED) is 0.798. The Labute approximate surface area is 97.5 Å². The second kappa shape index (κ2) is 6.48. The lowest BCUT2D eigenvalue weighted by Gasteiger charge is -2.25. The largest absolute Gasteiger partial charge is 0.374 e. The average Bonchev–Trinajstić information content (AvgIpc) is 2.28. The molecule has 1 rings (SSSR count). The van der Waals surface area contributed by atoms with E-state index in [1.165, 1.54) is 6.07 Å². The zero-order valence-corrected chi connectivity index (χ0v) is 10.3. The maximum Gasteiger partial charge on any atom is 0.125 e. The van der Waals surface area contributed by atoms with Gasteiger partial charge in [-0.15, -0.1) is 0 Å². The number of halogens is 1. The average molecular weight is 224 g/mol. The van der Waals surface area contributed by atoms with Gasteiger partial charge in [0.15, 0.2) is 0 Å². The van der Waals surface area contributed by atoms with Crippen molar-refractivity contribution >= 4 is 5.69 Å². The van der Waals surface area contributed by atoms with Gasteiger partial charge in [0.05, 0.1) is 0 Å². The number of rotatable bonds is 6. The highest BCUT2D eigenvalue weighted by atomic mass is 19.1. The van der Waals surface area contributed by atoms with Crippen LogP contribution < -0.4 is 10.2 Å². The molecule has 1 aromatic carbocycles. The SMILES string of the molecule is CCC(CNC)CN(C)c1cccc(F)c1. The zero-order valence-electron chi connectivity index (χ0n) is 10.3. The molecule has 0 aliphatic carbocycles. The molecule has 0 fully saturated rings. The molecule has 2 nitrogen and oxygen atoms in total. The summed E-state index contributed by atoms with van der Waals surface area (Å²) in [5, 5.41) is 3.19. The van der Waals surface area contributed by atoms with E-state index in [0.29, 0.717) is 5.92 Å². The topological polar surface area (TPSA) is 15.3 Å². The molecule has 0 radical (unpaired) electrons. The highest BCUT2D eigenvalue weighted by Crippen LogP contribution is 2.16. The number of nitrogens with zero attached hydrogens (tertiary/aromatic N) is 1. The van der Waals surface area contributed by atoms with E-state index >= 15 is 0 Å². The lowest BCUT2D eigenvalue weighted by Crippen LogP contribution is -2.31. The third-order valence-corrected chi connectivity index (χ3v) is 2.85. The number of nitrogens with one attached hydrogen (secondary N) is 1. The summed E-state index contributed by atoms with van der Waals surface area (Å²) < 4.78 is 13.1. The van der Waals surface area contributed by atoms with E-state index in [2.05, 4.69) is 17.1 Å². The third-order valence-electron chi connectivity index (χ3n) is 2.85. The summed E-state index contributed by atoms with van der Waals surface area (Å²) in [6.07, 6.45) is 1.13. The van der Waals surface area contributed by atoms with Crippen LogP contribution in [0.4, 0.5) is 10.1 Å². The smallest absolute Gasteiger partial charge is 0.125 e. The highest BCUT2D eigenvalue weighted by molar-refractivity contribution is 5.45. The summed E-state index contributed by atoms with van der Waals surface area (Å²) in [6.45, 7) is 4.12. The summed E-state index contributed by atoms with van der Waals surface area (Å²) in [7, 11) is 3.97. The van der Waals surface area contributed by atoms with Crippen LogP contribution in [0.15, 0.2) is 24.3 Å². The number of benzene rings is 1. The predicted molar refractivity (Wildman–Crippen MR) is 67.4 cm³/mol. The molecule has 1 aromatic rings. The van der Waals surface area contributed by atoms with Gasteiger partial charge in [0.2, 0.25) is 0 Å². The Morgan fingerprint density at radius 3 is 2.75 bits per heavy atom. The van der Waals surface area contributed by atoms with Crippen LogP contribution >= 0.6 is 0 Å². The fourth-order valence-electron chi connectivity index (χ4n) is 1.83. The minimum Gasteiger partial charge on any atom is -0.374 e. The van der Waals surface area contributed by atoms with E-state index in [4.69, 9.17) is 0 Å². The van der Waals surface area contributed by atoms with Crippen molar-refractivity contribution in [2.45, 2.75) is 13.3 Å². The van der Waals surface area contributed by atoms with Crippen molar-refractivity contribution in [3.63, 3.8) is 0 Å². The maximum absolute atomic E-state index is 13.1. The number of hydrogen-bond donors (Lipinski definition) is 1. The first-order valence-corrected chi connectivity index (χ1v) is 5.78. The molecule has 1 N–H and O–H groups in total. The van der Waals surface area contributed by atoms with Crippen molar-refractivity contribution < 1.29 is 4.39 Å². The molecule has 0 aliphatic heterocycles. The maximum atomic E-state index is 13.1. The van der Waals surface area contributed by atoms with Gasteiger partial charge in [-0.2, -0.15) is 0 Å². The second-order valence-electron chi connectivity index (χ2n) is 4.19. The van der Waals surface area contributed by atoms with Crippen LogP contribution in [0.2, 0.25) is 0 Å². The molecule has 1 atom stereocenters. The first-order valence-electron chi connectivity index (χ1n) is 5.78. The molecule has 90 valence electrons. The van der Waals surface area contributed by atoms with Crippen LogP contribution in [0, 0.1) is 11.7 Å². The normalized spacial score (nSPS) is 12.5. The molecule has 0 amide bonds. The van der Waals surface area contributed by atoms with Gasteiger partial charge < -0.3 is 10.2 Å². The first kappa shape index (κ1) is 13.0. The number of hydrogen-bond acceptors (Lipinski definition) is 2. The predicted octanol–water partition coefficient (Wildman–Crippen LogP) is 2.51. The van der Waals surface area contributed by atoms with Crippen molar-refractivity contribution in [3.05, 3.63) is 30.1 Å². The molecular formula is C13H21FN2. The van der Waals surface area contributed by atoms with Crippen molar-refractivity contribution in [1.82, 2.24) is 5.32 Å². The lowest BCUT2D eigenvalue weighted by atomic mass is 10.1. The molecule has 0 spiro atoms. The Morgan fingerprint density at radius 2 is 2.19 bits per heavy atom. The van der Waals surface area contributed by atoms with Crippen LogP contribution in [-0.2, 0) is 0 Å². The van der Waals surface area contributed by atoms with Gasteiger partial charge in [0, 0.05) is 19.3 Å². The van der Waals surface area contributed by atoms with Crippen molar-refractivity contribution in [3.8, 4) is 0 Å². The monoisotopic (exact) mass is 224 g/mol. The van der Waals surface area contributed by atoms with E-state index < -0.39 is 0 Å². The minimum absolute atomic E-state index is 0.175. The molecule has 3 heteroatoms. The van der Waals surface area contributed by atoms with E-state index in [1.807, 2.05) is 20.2 Å². The van der Waals surface area contributed by atoms with Gasteiger partial charge in [0.25, 0.3) is 0 Å². The van der Waals surface area contributed by atoms with Crippen LogP contribution in [0.1, 0.15) is 13.3 Å². The fourth-order valence-corrected chi connectivity index (χ4v) is 1.83. The van der Waals surface area contributed by atoms with Gasteiger partial charge >= 0.3 is 0 Å². The Morgan fingerprint density at radius 1 is 1.44 bits per heavy atom. The molecule has 0 saturated heterocycles.